The van der Waals surface area contributed by atoms with Crippen molar-refractivity contribution in [2.45, 2.75) is 6.17 Å². The Morgan fingerprint density at radius 1 is 0.765 bits per heavy atom. The number of aliphatic imine (C=N–C) groups is 1. The maximum absolute atomic E-state index is 4.89. The highest BCUT2D eigenvalue weighted by atomic mass is 15.6. The summed E-state index contributed by atoms with van der Waals surface area (Å²) in [6.07, 6.45) is 9.70. The van der Waals surface area contributed by atoms with E-state index in [1.165, 1.54) is 10.8 Å². The van der Waals surface area contributed by atoms with Crippen LogP contribution in [0.15, 0.2) is 114 Å². The average molecular weight is 441 g/mol. The van der Waals surface area contributed by atoms with Crippen molar-refractivity contribution in [1.82, 2.24) is 25.0 Å². The summed E-state index contributed by atoms with van der Waals surface area (Å²) < 4.78 is 1.81. The van der Waals surface area contributed by atoms with Crippen LogP contribution in [0, 0.1) is 0 Å². The molecule has 0 radical (unpaired) electrons. The van der Waals surface area contributed by atoms with Crippen molar-refractivity contribution in [2.75, 3.05) is 0 Å². The lowest BCUT2D eigenvalue weighted by Crippen LogP contribution is -2.33. The van der Waals surface area contributed by atoms with Crippen molar-refractivity contribution in [3.63, 3.8) is 0 Å². The highest BCUT2D eigenvalue weighted by molar-refractivity contribution is 5.95. The van der Waals surface area contributed by atoms with E-state index in [-0.39, 0.29) is 6.17 Å². The van der Waals surface area contributed by atoms with E-state index in [0.29, 0.717) is 5.82 Å². The predicted octanol–water partition coefficient (Wildman–Crippen LogP) is 5.52. The number of rotatable bonds is 3. The number of pyridine rings is 1. The minimum atomic E-state index is -0.196. The third kappa shape index (κ3) is 3.20. The van der Waals surface area contributed by atoms with Crippen LogP contribution in [0.5, 0.6) is 0 Å². The first-order valence-electron chi connectivity index (χ1n) is 11.2. The molecule has 4 heterocycles. The second-order valence-corrected chi connectivity index (χ2v) is 8.43. The largest absolute Gasteiger partial charge is 0.265 e. The highest BCUT2D eigenvalue weighted by Crippen LogP contribution is 2.33. The fourth-order valence-corrected chi connectivity index (χ4v) is 4.52. The molecule has 1 unspecified atom stereocenters. The standard InChI is InChI=1S/C28H20N6/c1-2-8-20-15-21(12-11-19(20)7-1)22-16-23(27-29-25-9-3-5-13-33(25)31-27)18-24(17-22)28-30-26-10-4-6-14-34(26)32-28/h1-18,27,31H. The van der Waals surface area contributed by atoms with Gasteiger partial charge in [-0.1, -0.05) is 48.5 Å². The van der Waals surface area contributed by atoms with Crippen molar-refractivity contribution in [1.29, 1.82) is 0 Å². The molecule has 5 aromatic rings. The van der Waals surface area contributed by atoms with E-state index in [9.17, 15) is 0 Å². The van der Waals surface area contributed by atoms with Crippen LogP contribution in [0.2, 0.25) is 0 Å². The Balaban J connectivity index is 1.39. The number of hydrazine groups is 1. The molecule has 0 bridgehead atoms. The summed E-state index contributed by atoms with van der Waals surface area (Å²) in [5.74, 6) is 1.59. The smallest absolute Gasteiger partial charge is 0.182 e. The van der Waals surface area contributed by atoms with Crippen LogP contribution in [0.25, 0.3) is 38.9 Å². The number of aromatic nitrogens is 3. The average Bonchev–Trinajstić information content (AvgIpc) is 3.53. The van der Waals surface area contributed by atoms with Gasteiger partial charge in [-0.2, -0.15) is 0 Å². The highest BCUT2D eigenvalue weighted by Gasteiger charge is 2.25. The summed E-state index contributed by atoms with van der Waals surface area (Å²) in [5, 5.41) is 9.12. The Labute approximate surface area is 196 Å². The quantitative estimate of drug-likeness (QED) is 0.402. The number of allylic oxidation sites excluding steroid dienone is 2. The number of nitrogens with one attached hydrogen (secondary N) is 1. The monoisotopic (exact) mass is 440 g/mol. The molecule has 2 aromatic heterocycles. The first-order chi connectivity index (χ1) is 16.8. The van der Waals surface area contributed by atoms with Crippen molar-refractivity contribution < 1.29 is 0 Å². The van der Waals surface area contributed by atoms with E-state index >= 15 is 0 Å². The first-order valence-corrected chi connectivity index (χ1v) is 11.2. The Morgan fingerprint density at radius 2 is 1.65 bits per heavy atom. The van der Waals surface area contributed by atoms with Gasteiger partial charge in [-0.05, 0) is 76.0 Å². The fraction of sp³-hybridized carbons (Fsp3) is 0.0357. The van der Waals surface area contributed by atoms with Crippen LogP contribution in [0.3, 0.4) is 0 Å². The summed E-state index contributed by atoms with van der Waals surface area (Å²) in [5.41, 5.74) is 8.56. The summed E-state index contributed by atoms with van der Waals surface area (Å²) in [6, 6.07) is 27.4. The molecule has 2 aliphatic rings. The van der Waals surface area contributed by atoms with E-state index in [0.717, 1.165) is 33.7 Å². The predicted molar refractivity (Wildman–Crippen MR) is 135 cm³/mol. The minimum absolute atomic E-state index is 0.196. The molecular formula is C28H20N6. The molecule has 0 saturated carbocycles. The van der Waals surface area contributed by atoms with Crippen molar-refractivity contribution in [3.05, 3.63) is 115 Å². The zero-order chi connectivity index (χ0) is 22.5. The molecule has 7 rings (SSSR count). The van der Waals surface area contributed by atoms with Gasteiger partial charge in [0.05, 0.1) is 0 Å². The maximum atomic E-state index is 4.89. The Hall–Kier alpha value is -4.55. The SMILES string of the molecule is C1=CC2=NC(c3cc(-c4ccc5ccccc5c4)cc(-c4nc5ccccn5n4)c3)NN2C=C1. The van der Waals surface area contributed by atoms with Gasteiger partial charge in [-0.3, -0.25) is 5.01 Å². The van der Waals surface area contributed by atoms with Gasteiger partial charge in [-0.15, -0.1) is 5.10 Å². The third-order valence-electron chi connectivity index (χ3n) is 6.21. The lowest BCUT2D eigenvalue weighted by molar-refractivity contribution is 0.387. The zero-order valence-electron chi connectivity index (χ0n) is 18.2. The van der Waals surface area contributed by atoms with Gasteiger partial charge in [0, 0.05) is 18.0 Å². The normalized spacial score (nSPS) is 16.9. The number of fused-ring (bicyclic) bond motifs is 3. The molecule has 0 aliphatic carbocycles. The summed E-state index contributed by atoms with van der Waals surface area (Å²) in [4.78, 5) is 9.66. The van der Waals surface area contributed by atoms with Crippen LogP contribution in [0.1, 0.15) is 11.7 Å². The maximum Gasteiger partial charge on any atom is 0.182 e. The number of benzene rings is 3. The lowest BCUT2D eigenvalue weighted by atomic mass is 9.96. The van der Waals surface area contributed by atoms with Gasteiger partial charge in [0.2, 0.25) is 0 Å². The third-order valence-corrected chi connectivity index (χ3v) is 6.21. The number of hydrogen-bond donors (Lipinski definition) is 1. The Kier molecular flexibility index (Phi) is 4.19. The number of hydrogen-bond acceptors (Lipinski definition) is 5. The number of nitrogens with zero attached hydrogens (tertiary/aromatic N) is 5. The Bertz CT molecular complexity index is 1630. The second-order valence-electron chi connectivity index (χ2n) is 8.43. The molecule has 6 nitrogen and oxygen atoms in total. The van der Waals surface area contributed by atoms with E-state index in [4.69, 9.17) is 15.1 Å². The summed E-state index contributed by atoms with van der Waals surface area (Å²) >= 11 is 0. The molecule has 0 amide bonds. The minimum Gasteiger partial charge on any atom is -0.265 e. The number of amidine groups is 1. The summed E-state index contributed by atoms with van der Waals surface area (Å²) in [6.45, 7) is 0. The van der Waals surface area contributed by atoms with Gasteiger partial charge >= 0.3 is 0 Å². The molecule has 6 heteroatoms. The zero-order valence-corrected chi connectivity index (χ0v) is 18.2. The fourth-order valence-electron chi connectivity index (χ4n) is 4.52. The Morgan fingerprint density at radius 3 is 2.56 bits per heavy atom. The summed E-state index contributed by atoms with van der Waals surface area (Å²) in [7, 11) is 0. The molecule has 0 saturated heterocycles. The van der Waals surface area contributed by atoms with Gasteiger partial charge < -0.3 is 0 Å². The molecule has 2 aliphatic heterocycles. The second kappa shape index (κ2) is 7.50. The molecule has 162 valence electrons. The van der Waals surface area contributed by atoms with Crippen molar-refractivity contribution in [3.8, 4) is 22.5 Å². The van der Waals surface area contributed by atoms with E-state index in [1.54, 1.807) is 0 Å². The van der Waals surface area contributed by atoms with Crippen molar-refractivity contribution in [2.24, 2.45) is 4.99 Å². The molecule has 1 N–H and O–H groups in total. The van der Waals surface area contributed by atoms with Gasteiger partial charge in [-0.25, -0.2) is 19.9 Å². The molecule has 0 fully saturated rings. The van der Waals surface area contributed by atoms with Crippen LogP contribution >= 0.6 is 0 Å². The molecule has 0 spiro atoms. The van der Waals surface area contributed by atoms with E-state index in [1.807, 2.05) is 58.3 Å². The van der Waals surface area contributed by atoms with Crippen LogP contribution in [-0.2, 0) is 0 Å². The molecular weight excluding hydrogens is 420 g/mol. The van der Waals surface area contributed by atoms with Crippen LogP contribution < -0.4 is 5.43 Å². The van der Waals surface area contributed by atoms with Gasteiger partial charge in [0.15, 0.2) is 11.5 Å². The van der Waals surface area contributed by atoms with Gasteiger partial charge in [0.1, 0.15) is 12.0 Å². The molecule has 34 heavy (non-hydrogen) atoms. The first kappa shape index (κ1) is 19.0. The van der Waals surface area contributed by atoms with Crippen LogP contribution in [0.4, 0.5) is 0 Å². The van der Waals surface area contributed by atoms with Gasteiger partial charge in [0.25, 0.3) is 0 Å². The molecule has 1 atom stereocenters. The lowest BCUT2D eigenvalue weighted by Gasteiger charge is -2.18. The van der Waals surface area contributed by atoms with Crippen molar-refractivity contribution >= 4 is 22.3 Å². The topological polar surface area (TPSA) is 57.8 Å². The molecule has 3 aromatic carbocycles. The van der Waals surface area contributed by atoms with Crippen LogP contribution in [-0.4, -0.2) is 25.4 Å². The van der Waals surface area contributed by atoms with E-state index in [2.05, 4.69) is 66.1 Å². The van der Waals surface area contributed by atoms with E-state index < -0.39 is 0 Å².